The number of methoxy groups -OCH3 is 2. The van der Waals surface area contributed by atoms with Crippen molar-refractivity contribution in [3.63, 3.8) is 0 Å². The second-order valence-electron chi connectivity index (χ2n) is 6.49. The molecule has 0 spiro atoms. The standard InChI is InChI=1S/C18H27N3O5/c1-24-12-18(5-7-20-8-6-18)11-21-17(23)13-3-4-14(15(9-13)25-2)26-10-16(19)22/h3-4,9,20H,5-8,10-12H2,1-2H3,(H2,19,22)(H,21,23). The lowest BCUT2D eigenvalue weighted by atomic mass is 9.79. The lowest BCUT2D eigenvalue weighted by Gasteiger charge is -2.37. The Balaban J connectivity index is 2.03. The number of carbonyl (C=O) groups is 2. The molecule has 1 heterocycles. The average Bonchev–Trinajstić information content (AvgIpc) is 2.65. The predicted molar refractivity (Wildman–Crippen MR) is 96.4 cm³/mol. The number of ether oxygens (including phenoxy) is 3. The van der Waals surface area contributed by atoms with Crippen molar-refractivity contribution in [1.29, 1.82) is 0 Å². The Kier molecular flexibility index (Phi) is 7.23. The lowest BCUT2D eigenvalue weighted by molar-refractivity contribution is -0.119. The fourth-order valence-electron chi connectivity index (χ4n) is 3.08. The van der Waals surface area contributed by atoms with E-state index in [1.807, 2.05) is 0 Å². The zero-order valence-corrected chi connectivity index (χ0v) is 15.3. The molecule has 0 atom stereocenters. The Morgan fingerprint density at radius 2 is 1.96 bits per heavy atom. The van der Waals surface area contributed by atoms with Gasteiger partial charge < -0.3 is 30.6 Å². The van der Waals surface area contributed by atoms with Gasteiger partial charge in [-0.3, -0.25) is 9.59 Å². The van der Waals surface area contributed by atoms with Gasteiger partial charge in [-0.15, -0.1) is 0 Å². The van der Waals surface area contributed by atoms with Crippen molar-refractivity contribution in [1.82, 2.24) is 10.6 Å². The van der Waals surface area contributed by atoms with Crippen LogP contribution in [0.5, 0.6) is 11.5 Å². The summed E-state index contributed by atoms with van der Waals surface area (Å²) in [6.07, 6.45) is 1.90. The van der Waals surface area contributed by atoms with Crippen LogP contribution in [0.3, 0.4) is 0 Å². The Hall–Kier alpha value is -2.32. The number of benzene rings is 1. The molecule has 0 saturated carbocycles. The molecule has 4 N–H and O–H groups in total. The summed E-state index contributed by atoms with van der Waals surface area (Å²) in [6.45, 7) is 2.73. The first kappa shape index (κ1) is 20.0. The zero-order chi connectivity index (χ0) is 19.0. The Labute approximate surface area is 153 Å². The SMILES string of the molecule is COCC1(CNC(=O)c2ccc(OCC(N)=O)c(OC)c2)CCNCC1. The van der Waals surface area contributed by atoms with Crippen molar-refractivity contribution in [3.05, 3.63) is 23.8 Å². The number of amides is 2. The number of rotatable bonds is 9. The largest absolute Gasteiger partial charge is 0.493 e. The number of carbonyl (C=O) groups excluding carboxylic acids is 2. The zero-order valence-electron chi connectivity index (χ0n) is 15.3. The van der Waals surface area contributed by atoms with E-state index in [4.69, 9.17) is 19.9 Å². The first-order valence-corrected chi connectivity index (χ1v) is 8.57. The van der Waals surface area contributed by atoms with Gasteiger partial charge in [0.25, 0.3) is 11.8 Å². The minimum Gasteiger partial charge on any atom is -0.493 e. The summed E-state index contributed by atoms with van der Waals surface area (Å²) in [6, 6.07) is 4.79. The highest BCUT2D eigenvalue weighted by Gasteiger charge is 2.32. The summed E-state index contributed by atoms with van der Waals surface area (Å²) >= 11 is 0. The molecular weight excluding hydrogens is 338 g/mol. The van der Waals surface area contributed by atoms with Crippen molar-refractivity contribution in [2.75, 3.05) is 47.1 Å². The van der Waals surface area contributed by atoms with Crippen molar-refractivity contribution in [3.8, 4) is 11.5 Å². The third-order valence-electron chi connectivity index (χ3n) is 4.53. The van der Waals surface area contributed by atoms with Crippen LogP contribution in [0.4, 0.5) is 0 Å². The van der Waals surface area contributed by atoms with E-state index in [1.54, 1.807) is 25.3 Å². The molecule has 144 valence electrons. The summed E-state index contributed by atoms with van der Waals surface area (Å²) in [4.78, 5) is 23.4. The quantitative estimate of drug-likeness (QED) is 0.580. The maximum absolute atomic E-state index is 12.5. The Morgan fingerprint density at radius 1 is 1.23 bits per heavy atom. The molecular formula is C18H27N3O5. The molecule has 8 nitrogen and oxygen atoms in total. The van der Waals surface area contributed by atoms with Crippen LogP contribution in [0.15, 0.2) is 18.2 Å². The molecule has 0 aromatic heterocycles. The number of nitrogens with two attached hydrogens (primary N) is 1. The van der Waals surface area contributed by atoms with Crippen LogP contribution in [-0.4, -0.2) is 58.9 Å². The van der Waals surface area contributed by atoms with Crippen molar-refractivity contribution >= 4 is 11.8 Å². The normalized spacial score (nSPS) is 15.9. The molecule has 1 aromatic carbocycles. The van der Waals surface area contributed by atoms with Crippen LogP contribution >= 0.6 is 0 Å². The van der Waals surface area contributed by atoms with Crippen LogP contribution in [0, 0.1) is 5.41 Å². The number of nitrogens with one attached hydrogen (secondary N) is 2. The third kappa shape index (κ3) is 5.34. The number of primary amides is 1. The molecule has 8 heteroatoms. The Morgan fingerprint density at radius 3 is 2.58 bits per heavy atom. The topological polar surface area (TPSA) is 112 Å². The molecule has 1 aliphatic rings. The smallest absolute Gasteiger partial charge is 0.255 e. The van der Waals surface area contributed by atoms with Gasteiger partial charge in [0.05, 0.1) is 13.7 Å². The lowest BCUT2D eigenvalue weighted by Crippen LogP contribution is -2.47. The van der Waals surface area contributed by atoms with Crippen molar-refractivity contribution < 1.29 is 23.8 Å². The minimum absolute atomic E-state index is 0.0513. The first-order chi connectivity index (χ1) is 12.5. The molecule has 0 bridgehead atoms. The summed E-state index contributed by atoms with van der Waals surface area (Å²) in [5.41, 5.74) is 5.48. The van der Waals surface area contributed by atoms with Gasteiger partial charge in [0.15, 0.2) is 18.1 Å². The third-order valence-corrected chi connectivity index (χ3v) is 4.53. The van der Waals surface area contributed by atoms with Crippen LogP contribution < -0.4 is 25.8 Å². The molecule has 1 aromatic rings. The van der Waals surface area contributed by atoms with Crippen molar-refractivity contribution in [2.24, 2.45) is 11.1 Å². The molecule has 0 aliphatic carbocycles. The monoisotopic (exact) mass is 365 g/mol. The van der Waals surface area contributed by atoms with E-state index in [0.29, 0.717) is 30.2 Å². The molecule has 2 rings (SSSR count). The second-order valence-corrected chi connectivity index (χ2v) is 6.49. The van der Waals surface area contributed by atoms with Gasteiger partial charge in [-0.2, -0.15) is 0 Å². The molecule has 0 unspecified atom stereocenters. The molecule has 26 heavy (non-hydrogen) atoms. The van der Waals surface area contributed by atoms with Crippen LogP contribution in [0.1, 0.15) is 23.2 Å². The van der Waals surface area contributed by atoms with Gasteiger partial charge in [-0.05, 0) is 44.1 Å². The van der Waals surface area contributed by atoms with Gasteiger partial charge in [-0.1, -0.05) is 0 Å². The van der Waals surface area contributed by atoms with E-state index in [-0.39, 0.29) is 17.9 Å². The minimum atomic E-state index is -0.584. The molecule has 0 radical (unpaired) electrons. The molecule has 1 fully saturated rings. The number of piperidine rings is 1. The maximum atomic E-state index is 12.5. The molecule has 1 saturated heterocycles. The summed E-state index contributed by atoms with van der Waals surface area (Å²) in [5, 5.41) is 6.32. The van der Waals surface area contributed by atoms with Crippen LogP contribution in [0.2, 0.25) is 0 Å². The fourth-order valence-corrected chi connectivity index (χ4v) is 3.08. The predicted octanol–water partition coefficient (Wildman–Crippen LogP) is 0.305. The highest BCUT2D eigenvalue weighted by Crippen LogP contribution is 2.30. The number of hydrogen-bond donors (Lipinski definition) is 3. The van der Waals surface area contributed by atoms with E-state index in [2.05, 4.69) is 10.6 Å². The van der Waals surface area contributed by atoms with Gasteiger partial charge in [0.1, 0.15) is 0 Å². The molecule has 2 amide bonds. The molecule has 1 aliphatic heterocycles. The van der Waals surface area contributed by atoms with E-state index in [1.165, 1.54) is 7.11 Å². The van der Waals surface area contributed by atoms with Gasteiger partial charge in [0, 0.05) is 24.6 Å². The van der Waals surface area contributed by atoms with Crippen LogP contribution in [0.25, 0.3) is 0 Å². The van der Waals surface area contributed by atoms with E-state index in [0.717, 1.165) is 25.9 Å². The highest BCUT2D eigenvalue weighted by atomic mass is 16.5. The van der Waals surface area contributed by atoms with Gasteiger partial charge in [-0.25, -0.2) is 0 Å². The second kappa shape index (κ2) is 9.40. The van der Waals surface area contributed by atoms with E-state index >= 15 is 0 Å². The summed E-state index contributed by atoms with van der Waals surface area (Å²) in [5.74, 6) is -0.0533. The van der Waals surface area contributed by atoms with Crippen LogP contribution in [-0.2, 0) is 9.53 Å². The Bertz CT molecular complexity index is 624. The first-order valence-electron chi connectivity index (χ1n) is 8.57. The number of hydrogen-bond acceptors (Lipinski definition) is 6. The van der Waals surface area contributed by atoms with E-state index < -0.39 is 5.91 Å². The van der Waals surface area contributed by atoms with Gasteiger partial charge >= 0.3 is 0 Å². The average molecular weight is 365 g/mol. The highest BCUT2D eigenvalue weighted by molar-refractivity contribution is 5.94. The van der Waals surface area contributed by atoms with Gasteiger partial charge in [0.2, 0.25) is 0 Å². The maximum Gasteiger partial charge on any atom is 0.255 e. The van der Waals surface area contributed by atoms with Crippen molar-refractivity contribution in [2.45, 2.75) is 12.8 Å². The summed E-state index contributed by atoms with van der Waals surface area (Å²) < 4.78 is 15.9. The summed E-state index contributed by atoms with van der Waals surface area (Å²) in [7, 11) is 3.15. The fraction of sp³-hybridized carbons (Fsp3) is 0.556. The van der Waals surface area contributed by atoms with E-state index in [9.17, 15) is 9.59 Å².